The highest BCUT2D eigenvalue weighted by Gasteiger charge is 2.21. The quantitative estimate of drug-likeness (QED) is 0.177. The molecule has 1 unspecified atom stereocenters. The second-order valence-corrected chi connectivity index (χ2v) is 12.8. The van der Waals surface area contributed by atoms with Gasteiger partial charge in [0.25, 0.3) is 0 Å². The third-order valence-corrected chi connectivity index (χ3v) is 9.92. The lowest BCUT2D eigenvalue weighted by Gasteiger charge is -2.20. The first-order valence-corrected chi connectivity index (χ1v) is 16.5. The van der Waals surface area contributed by atoms with Crippen molar-refractivity contribution in [1.29, 1.82) is 5.41 Å². The number of hydrogen-bond acceptors (Lipinski definition) is 3. The van der Waals surface area contributed by atoms with E-state index in [9.17, 15) is 0 Å². The first kappa shape index (κ1) is 27.5. The number of rotatable bonds is 5. The van der Waals surface area contributed by atoms with Gasteiger partial charge in [0.15, 0.2) is 0 Å². The number of hydrogen-bond donors (Lipinski definition) is 3. The summed E-state index contributed by atoms with van der Waals surface area (Å²) in [6.07, 6.45) is 7.68. The lowest BCUT2D eigenvalue weighted by molar-refractivity contribution is 0.669. The van der Waals surface area contributed by atoms with Gasteiger partial charge in [-0.3, -0.25) is 0 Å². The number of allylic oxidation sites excluding steroid dienone is 2. The van der Waals surface area contributed by atoms with E-state index in [-0.39, 0.29) is 6.04 Å². The number of H-pyrrole nitrogens is 1. The molecule has 232 valence electrons. The fourth-order valence-electron chi connectivity index (χ4n) is 7.63. The minimum atomic E-state index is -0.261. The van der Waals surface area contributed by atoms with Gasteiger partial charge in [0.1, 0.15) is 11.2 Å². The molecule has 5 heteroatoms. The van der Waals surface area contributed by atoms with Crippen LogP contribution in [0, 0.1) is 5.41 Å². The normalized spacial score (nSPS) is 14.7. The van der Waals surface area contributed by atoms with E-state index in [2.05, 4.69) is 131 Å². The van der Waals surface area contributed by atoms with Crippen molar-refractivity contribution in [3.63, 3.8) is 0 Å². The Morgan fingerprint density at radius 1 is 0.673 bits per heavy atom. The molecule has 10 rings (SSSR count). The van der Waals surface area contributed by atoms with E-state index in [1.54, 1.807) is 0 Å². The monoisotopic (exact) mass is 630 g/mol. The van der Waals surface area contributed by atoms with Crippen molar-refractivity contribution < 1.29 is 4.42 Å². The zero-order valence-electron chi connectivity index (χ0n) is 26.5. The van der Waals surface area contributed by atoms with Crippen molar-refractivity contribution >= 4 is 77.0 Å². The number of benzene rings is 6. The molecule has 0 amide bonds. The minimum absolute atomic E-state index is 0.261. The van der Waals surface area contributed by atoms with Crippen LogP contribution in [0.2, 0.25) is 0 Å². The molecule has 1 aliphatic rings. The number of aromatic amines is 1. The van der Waals surface area contributed by atoms with Gasteiger partial charge in [0.05, 0.1) is 39.2 Å². The standard InChI is InChI=1S/C44H30N4O/c1-26(46-37-16-8-7-15-36(37)45)34-23-28(24-35-32-21-22-41-42(44(32)47-43(34)35)33-14-6-10-18-40(33)49-41)27-19-20-31-30-13-5-9-17-38(30)48(39(31)25-27)29-11-3-2-4-12-29/h2-25,37,45-47H,1H2. The Hall–Kier alpha value is -6.59. The molecule has 1 atom stereocenters. The van der Waals surface area contributed by atoms with Crippen molar-refractivity contribution in [2.75, 3.05) is 0 Å². The molecule has 5 nitrogen and oxygen atoms in total. The largest absolute Gasteiger partial charge is 0.456 e. The molecule has 1 aliphatic carbocycles. The topological polar surface area (TPSA) is 69.7 Å². The molecular formula is C44H30N4O. The summed E-state index contributed by atoms with van der Waals surface area (Å²) in [6.45, 7) is 4.53. The summed E-state index contributed by atoms with van der Waals surface area (Å²) >= 11 is 0. The molecule has 0 saturated carbocycles. The van der Waals surface area contributed by atoms with Crippen LogP contribution in [-0.2, 0) is 0 Å². The molecule has 0 saturated heterocycles. The van der Waals surface area contributed by atoms with Crippen molar-refractivity contribution in [2.24, 2.45) is 0 Å². The van der Waals surface area contributed by atoms with Crippen LogP contribution in [0.25, 0.3) is 88.1 Å². The number of fused-ring (bicyclic) bond motifs is 10. The van der Waals surface area contributed by atoms with Crippen LogP contribution in [0.1, 0.15) is 5.56 Å². The fourth-order valence-corrected chi connectivity index (χ4v) is 7.63. The highest BCUT2D eigenvalue weighted by molar-refractivity contribution is 6.24. The third kappa shape index (κ3) is 4.16. The highest BCUT2D eigenvalue weighted by atomic mass is 16.3. The van der Waals surface area contributed by atoms with Gasteiger partial charge >= 0.3 is 0 Å². The van der Waals surface area contributed by atoms with Crippen LogP contribution in [0.4, 0.5) is 0 Å². The molecule has 3 aromatic heterocycles. The average molecular weight is 631 g/mol. The van der Waals surface area contributed by atoms with E-state index < -0.39 is 0 Å². The number of nitrogens with one attached hydrogen (secondary N) is 3. The predicted octanol–water partition coefficient (Wildman–Crippen LogP) is 11.1. The van der Waals surface area contributed by atoms with Crippen molar-refractivity contribution in [3.8, 4) is 16.8 Å². The predicted molar refractivity (Wildman–Crippen MR) is 205 cm³/mol. The summed E-state index contributed by atoms with van der Waals surface area (Å²) in [7, 11) is 0. The summed E-state index contributed by atoms with van der Waals surface area (Å²) in [4.78, 5) is 3.80. The zero-order valence-corrected chi connectivity index (χ0v) is 26.5. The molecule has 6 aromatic carbocycles. The Bertz CT molecular complexity index is 2900. The summed E-state index contributed by atoms with van der Waals surface area (Å²) in [5.74, 6) is 0. The van der Waals surface area contributed by atoms with Crippen LogP contribution in [0.3, 0.4) is 0 Å². The lowest BCUT2D eigenvalue weighted by atomic mass is 9.96. The van der Waals surface area contributed by atoms with Crippen LogP contribution in [0.15, 0.2) is 157 Å². The van der Waals surface area contributed by atoms with Crippen molar-refractivity contribution in [3.05, 3.63) is 158 Å². The molecule has 0 radical (unpaired) electrons. The summed E-state index contributed by atoms with van der Waals surface area (Å²) in [5, 5.41) is 18.9. The van der Waals surface area contributed by atoms with E-state index in [0.717, 1.165) is 77.3 Å². The number of furan rings is 1. The SMILES string of the molecule is C=C(NC1C=CC=CC1=N)c1cc(-c2ccc3c4ccccc4n(-c4ccccc4)c3c2)cc2c1[nH]c1c2ccc2oc3ccccc3c21. The molecule has 49 heavy (non-hydrogen) atoms. The maximum Gasteiger partial charge on any atom is 0.137 e. The summed E-state index contributed by atoms with van der Waals surface area (Å²) < 4.78 is 8.62. The van der Waals surface area contributed by atoms with E-state index in [4.69, 9.17) is 9.83 Å². The molecule has 3 heterocycles. The van der Waals surface area contributed by atoms with E-state index in [1.807, 2.05) is 36.4 Å². The van der Waals surface area contributed by atoms with E-state index in [0.29, 0.717) is 5.71 Å². The lowest BCUT2D eigenvalue weighted by Crippen LogP contribution is -2.33. The summed E-state index contributed by atoms with van der Waals surface area (Å²) in [5.41, 5.74) is 11.6. The Balaban J connectivity index is 1.24. The molecule has 0 aliphatic heterocycles. The second kappa shape index (κ2) is 10.5. The molecule has 3 N–H and O–H groups in total. The van der Waals surface area contributed by atoms with Crippen LogP contribution < -0.4 is 5.32 Å². The fraction of sp³-hybridized carbons (Fsp3) is 0.0227. The van der Waals surface area contributed by atoms with Gasteiger partial charge in [0.2, 0.25) is 0 Å². The number of para-hydroxylation sites is 3. The Morgan fingerprint density at radius 3 is 2.33 bits per heavy atom. The smallest absolute Gasteiger partial charge is 0.137 e. The van der Waals surface area contributed by atoms with Gasteiger partial charge in [-0.2, -0.15) is 0 Å². The zero-order chi connectivity index (χ0) is 32.6. The number of nitrogens with zero attached hydrogens (tertiary/aromatic N) is 1. The van der Waals surface area contributed by atoms with Gasteiger partial charge in [-0.25, -0.2) is 0 Å². The van der Waals surface area contributed by atoms with Gasteiger partial charge in [-0.05, 0) is 71.8 Å². The highest BCUT2D eigenvalue weighted by Crippen LogP contribution is 2.41. The molecule has 0 spiro atoms. The molecule has 0 bridgehead atoms. The Morgan fingerprint density at radius 2 is 1.45 bits per heavy atom. The van der Waals surface area contributed by atoms with E-state index >= 15 is 0 Å². The van der Waals surface area contributed by atoms with E-state index in [1.165, 1.54) is 16.3 Å². The van der Waals surface area contributed by atoms with Crippen molar-refractivity contribution in [2.45, 2.75) is 6.04 Å². The third-order valence-electron chi connectivity index (χ3n) is 9.92. The first-order valence-electron chi connectivity index (χ1n) is 16.5. The molecule has 9 aromatic rings. The number of aromatic nitrogens is 2. The van der Waals surface area contributed by atoms with Crippen molar-refractivity contribution in [1.82, 2.24) is 14.9 Å². The second-order valence-electron chi connectivity index (χ2n) is 12.8. The van der Waals surface area contributed by atoms with Crippen LogP contribution in [0.5, 0.6) is 0 Å². The van der Waals surface area contributed by atoms with Crippen LogP contribution >= 0.6 is 0 Å². The summed E-state index contributed by atoms with van der Waals surface area (Å²) in [6, 6.07) is 42.7. The average Bonchev–Trinajstić information content (AvgIpc) is 3.81. The maximum absolute atomic E-state index is 8.53. The first-order chi connectivity index (χ1) is 24.1. The minimum Gasteiger partial charge on any atom is -0.456 e. The maximum atomic E-state index is 8.53. The van der Waals surface area contributed by atoms with Gasteiger partial charge in [-0.15, -0.1) is 0 Å². The molecule has 0 fully saturated rings. The Kier molecular flexibility index (Phi) is 5.87. The van der Waals surface area contributed by atoms with Gasteiger partial charge in [0, 0.05) is 43.9 Å². The van der Waals surface area contributed by atoms with Gasteiger partial charge in [-0.1, -0.05) is 91.5 Å². The molecular weight excluding hydrogens is 601 g/mol. The Labute approximate surface area is 281 Å². The van der Waals surface area contributed by atoms with Crippen LogP contribution in [-0.4, -0.2) is 21.3 Å². The van der Waals surface area contributed by atoms with Gasteiger partial charge < -0.3 is 24.7 Å².